The molecule has 0 spiro atoms. The van der Waals surface area contributed by atoms with E-state index in [1.54, 1.807) is 0 Å². The molecular weight excluding hydrogens is 352 g/mol. The first-order valence-corrected chi connectivity index (χ1v) is 11.0. The third-order valence-electron chi connectivity index (χ3n) is 4.93. The number of hydrogen-bond acceptors (Lipinski definition) is 1. The Morgan fingerprint density at radius 1 is 0.615 bits per heavy atom. The van der Waals surface area contributed by atoms with Gasteiger partial charge in [-0.25, -0.2) is 0 Å². The van der Waals surface area contributed by atoms with Crippen LogP contribution in [0.5, 0.6) is 0 Å². The van der Waals surface area contributed by atoms with Crippen LogP contribution in [0.4, 0.5) is 0 Å². The third-order valence-corrected chi connectivity index (χ3v) is 8.73. The predicted molar refractivity (Wildman–Crippen MR) is 112 cm³/mol. The lowest BCUT2D eigenvalue weighted by molar-refractivity contribution is 1.12. The molecule has 0 nitrogen and oxygen atoms in total. The summed E-state index contributed by atoms with van der Waals surface area (Å²) in [6.07, 6.45) is 1.07. The van der Waals surface area contributed by atoms with Gasteiger partial charge in [0.25, 0.3) is 0 Å². The van der Waals surface area contributed by atoms with Crippen molar-refractivity contribution >= 4 is 33.4 Å². The van der Waals surface area contributed by atoms with Crippen molar-refractivity contribution in [3.63, 3.8) is 0 Å². The Morgan fingerprint density at radius 2 is 1.19 bits per heavy atom. The largest absolute Gasteiger partial charge is 0.180 e. The molecule has 126 valence electrons. The van der Waals surface area contributed by atoms with Gasteiger partial charge in [-0.2, -0.15) is 0 Å². The van der Waals surface area contributed by atoms with Crippen molar-refractivity contribution in [2.45, 2.75) is 37.8 Å². The Kier molecular flexibility index (Phi) is 4.03. The molecule has 0 saturated heterocycles. The van der Waals surface area contributed by atoms with E-state index in [9.17, 15) is 0 Å². The molecule has 0 unspecified atom stereocenters. The van der Waals surface area contributed by atoms with Crippen LogP contribution in [0, 0.1) is 0 Å². The molecule has 0 atom stereocenters. The van der Waals surface area contributed by atoms with Crippen LogP contribution in [0.3, 0.4) is 0 Å². The van der Waals surface area contributed by atoms with E-state index in [4.69, 9.17) is 0 Å². The summed E-state index contributed by atoms with van der Waals surface area (Å²) >= 11 is 1.90. The zero-order valence-corrected chi connectivity index (χ0v) is 16.2. The maximum absolute atomic E-state index is 2.37. The number of aryl methyl sites for hydroxylation is 1. The summed E-state index contributed by atoms with van der Waals surface area (Å²) in [6.45, 7) is 2.24. The zero-order chi connectivity index (χ0) is 17.5. The van der Waals surface area contributed by atoms with Crippen LogP contribution in [0.2, 0.25) is 0 Å². The van der Waals surface area contributed by atoms with Gasteiger partial charge in [0.1, 0.15) is 10.9 Å². The Balaban J connectivity index is 1.83. The second-order valence-corrected chi connectivity index (χ2v) is 9.44. The normalized spacial score (nSPS) is 13.4. The van der Waals surface area contributed by atoms with Gasteiger partial charge >= 0.3 is 0 Å². The molecule has 0 aromatic heterocycles. The summed E-state index contributed by atoms with van der Waals surface area (Å²) in [6, 6.07) is 31.4. The Labute approximate surface area is 161 Å². The highest BCUT2D eigenvalue weighted by atomic mass is 32.2. The minimum atomic E-state index is -0.0636. The van der Waals surface area contributed by atoms with Gasteiger partial charge in [-0.3, -0.25) is 0 Å². The van der Waals surface area contributed by atoms with Crippen LogP contribution < -0.4 is 0 Å². The highest BCUT2D eigenvalue weighted by molar-refractivity contribution is 8.04. The van der Waals surface area contributed by atoms with Crippen molar-refractivity contribution in [2.75, 3.05) is 0 Å². The van der Waals surface area contributed by atoms with Crippen LogP contribution in [0.15, 0.2) is 109 Å². The van der Waals surface area contributed by atoms with Crippen LogP contribution in [0.25, 0.3) is 10.8 Å². The summed E-state index contributed by atoms with van der Waals surface area (Å²) < 4.78 is 0. The van der Waals surface area contributed by atoms with Gasteiger partial charge in [-0.15, -0.1) is 0 Å². The van der Waals surface area contributed by atoms with Crippen molar-refractivity contribution in [3.05, 3.63) is 90.5 Å². The monoisotopic (exact) mass is 371 g/mol. The first-order valence-electron chi connectivity index (χ1n) is 8.97. The fourth-order valence-electron chi connectivity index (χ4n) is 3.70. The average molecular weight is 372 g/mol. The zero-order valence-electron chi connectivity index (χ0n) is 14.6. The second-order valence-electron chi connectivity index (χ2n) is 6.42. The molecule has 1 aliphatic heterocycles. The van der Waals surface area contributed by atoms with Crippen molar-refractivity contribution in [2.24, 2.45) is 0 Å². The molecule has 4 aromatic carbocycles. The summed E-state index contributed by atoms with van der Waals surface area (Å²) in [4.78, 5) is 7.12. The van der Waals surface area contributed by atoms with Gasteiger partial charge < -0.3 is 0 Å². The number of benzene rings is 4. The standard InChI is InChI=1S/C24H19S2/c1-2-17-15-16-22(19-10-4-3-9-18(17)19)26-23-13-7-5-11-20(23)25-21-12-6-8-14-24(21)26/h3-16H,2H2,1H3/q+1. The molecular formula is C24H19S2+. The maximum atomic E-state index is 2.37. The fraction of sp³-hybridized carbons (Fsp3) is 0.0833. The number of fused-ring (bicyclic) bond motifs is 3. The van der Waals surface area contributed by atoms with E-state index in [2.05, 4.69) is 91.9 Å². The lowest BCUT2D eigenvalue weighted by Crippen LogP contribution is -2.11. The minimum Gasteiger partial charge on any atom is -0.0795 e. The predicted octanol–water partition coefficient (Wildman–Crippen LogP) is 6.96. The first-order chi connectivity index (χ1) is 12.9. The summed E-state index contributed by atoms with van der Waals surface area (Å²) in [7, 11) is -0.0636. The Hall–Kier alpha value is -2.16. The fourth-order valence-corrected chi connectivity index (χ4v) is 7.60. The van der Waals surface area contributed by atoms with Gasteiger partial charge in [-0.1, -0.05) is 67.2 Å². The molecule has 0 fully saturated rings. The van der Waals surface area contributed by atoms with E-state index < -0.39 is 0 Å². The second kappa shape index (κ2) is 6.53. The van der Waals surface area contributed by atoms with E-state index in [0.29, 0.717) is 0 Å². The maximum Gasteiger partial charge on any atom is 0.180 e. The molecule has 1 aliphatic rings. The molecule has 0 N–H and O–H groups in total. The highest BCUT2D eigenvalue weighted by Gasteiger charge is 2.38. The molecule has 0 saturated carbocycles. The molecule has 0 bridgehead atoms. The molecule has 0 aliphatic carbocycles. The van der Waals surface area contributed by atoms with E-state index in [1.807, 2.05) is 11.8 Å². The van der Waals surface area contributed by atoms with Gasteiger partial charge in [0.15, 0.2) is 14.7 Å². The average Bonchev–Trinajstić information content (AvgIpc) is 2.71. The van der Waals surface area contributed by atoms with Crippen molar-refractivity contribution in [1.82, 2.24) is 0 Å². The molecule has 0 amide bonds. The van der Waals surface area contributed by atoms with Gasteiger partial charge in [0.05, 0.1) is 9.79 Å². The van der Waals surface area contributed by atoms with Crippen LogP contribution in [0.1, 0.15) is 12.5 Å². The van der Waals surface area contributed by atoms with Crippen LogP contribution >= 0.6 is 11.8 Å². The summed E-state index contributed by atoms with van der Waals surface area (Å²) in [5, 5.41) is 2.79. The van der Waals surface area contributed by atoms with Crippen molar-refractivity contribution in [1.29, 1.82) is 0 Å². The molecule has 2 heteroatoms. The van der Waals surface area contributed by atoms with E-state index in [0.717, 1.165) is 6.42 Å². The topological polar surface area (TPSA) is 0 Å². The smallest absolute Gasteiger partial charge is 0.0795 e. The van der Waals surface area contributed by atoms with Gasteiger partial charge in [-0.05, 0) is 53.8 Å². The van der Waals surface area contributed by atoms with Crippen molar-refractivity contribution < 1.29 is 0 Å². The van der Waals surface area contributed by atoms with E-state index in [-0.39, 0.29) is 10.9 Å². The third kappa shape index (κ3) is 2.48. The summed E-state index contributed by atoms with van der Waals surface area (Å²) in [5.41, 5.74) is 1.43. The molecule has 26 heavy (non-hydrogen) atoms. The molecule has 5 rings (SSSR count). The summed E-state index contributed by atoms with van der Waals surface area (Å²) in [5.74, 6) is 0. The highest BCUT2D eigenvalue weighted by Crippen LogP contribution is 2.49. The van der Waals surface area contributed by atoms with Crippen LogP contribution in [-0.2, 0) is 17.3 Å². The van der Waals surface area contributed by atoms with E-state index >= 15 is 0 Å². The minimum absolute atomic E-state index is 0.0636. The number of rotatable bonds is 2. The lowest BCUT2D eigenvalue weighted by Gasteiger charge is -2.20. The molecule has 0 radical (unpaired) electrons. The van der Waals surface area contributed by atoms with Crippen LogP contribution in [-0.4, -0.2) is 0 Å². The van der Waals surface area contributed by atoms with E-state index in [1.165, 1.54) is 40.8 Å². The molecule has 1 heterocycles. The molecule has 4 aromatic rings. The van der Waals surface area contributed by atoms with Gasteiger partial charge in [0.2, 0.25) is 0 Å². The Bertz CT molecular complexity index is 1070. The Morgan fingerprint density at radius 3 is 1.85 bits per heavy atom. The van der Waals surface area contributed by atoms with Gasteiger partial charge in [0, 0.05) is 5.39 Å². The first kappa shape index (κ1) is 16.0. The van der Waals surface area contributed by atoms with Crippen molar-refractivity contribution in [3.8, 4) is 0 Å². The quantitative estimate of drug-likeness (QED) is 0.302. The SMILES string of the molecule is CCc1ccc([S+]2c3ccccc3Sc3ccccc32)c2ccccc12. The number of hydrogen-bond donors (Lipinski definition) is 0. The lowest BCUT2D eigenvalue weighted by atomic mass is 10.0.